The molecule has 0 radical (unpaired) electrons. The number of nitrogens with zero attached hydrogens (tertiary/aromatic N) is 1. The number of hydrogen-bond donors (Lipinski definition) is 2. The number of aryl methyl sites for hydroxylation is 1. The lowest BCUT2D eigenvalue weighted by atomic mass is 9.97. The zero-order valence-corrected chi connectivity index (χ0v) is 13.7. The Morgan fingerprint density at radius 3 is 2.64 bits per heavy atom. The van der Waals surface area contributed by atoms with Gasteiger partial charge in [0.05, 0.1) is 9.82 Å². The third kappa shape index (κ3) is 3.45. The van der Waals surface area contributed by atoms with Crippen LogP contribution in [0.15, 0.2) is 17.0 Å². The molecule has 1 aromatic carbocycles. The summed E-state index contributed by atoms with van der Waals surface area (Å²) in [5.41, 5.74) is 0.925. The van der Waals surface area contributed by atoms with E-state index in [-0.39, 0.29) is 22.5 Å². The van der Waals surface area contributed by atoms with Gasteiger partial charge in [-0.2, -0.15) is 0 Å². The molecule has 1 saturated heterocycles. The average Bonchev–Trinajstić information content (AvgIpc) is 2.43. The van der Waals surface area contributed by atoms with Crippen LogP contribution in [0.3, 0.4) is 0 Å². The first kappa shape index (κ1) is 16.9. The summed E-state index contributed by atoms with van der Waals surface area (Å²) in [7, 11) is -3.78. The molecule has 1 aromatic rings. The van der Waals surface area contributed by atoms with E-state index < -0.39 is 14.9 Å². The molecule has 2 atom stereocenters. The van der Waals surface area contributed by atoms with Gasteiger partial charge in [-0.25, -0.2) is 13.1 Å². The van der Waals surface area contributed by atoms with Crippen LogP contribution < -0.4 is 10.0 Å². The molecular formula is C14H21N3O4S. The number of non-ortho nitro benzene ring substituents is 1. The minimum atomic E-state index is -3.78. The number of hydrogen-bond acceptors (Lipinski definition) is 5. The molecule has 1 aliphatic rings. The minimum absolute atomic E-state index is 0.00932. The lowest BCUT2D eigenvalue weighted by Gasteiger charge is -2.30. The van der Waals surface area contributed by atoms with Crippen molar-refractivity contribution < 1.29 is 13.3 Å². The fourth-order valence-electron chi connectivity index (χ4n) is 2.65. The first-order valence-corrected chi connectivity index (χ1v) is 8.69. The maximum Gasteiger partial charge on any atom is 0.271 e. The van der Waals surface area contributed by atoms with Crippen LogP contribution in [0, 0.1) is 29.9 Å². The molecule has 0 saturated carbocycles. The van der Waals surface area contributed by atoms with Gasteiger partial charge in [0.2, 0.25) is 10.0 Å². The van der Waals surface area contributed by atoms with Crippen molar-refractivity contribution in [2.75, 3.05) is 13.1 Å². The van der Waals surface area contributed by atoms with Crippen molar-refractivity contribution >= 4 is 15.7 Å². The second-order valence-corrected chi connectivity index (χ2v) is 7.52. The zero-order valence-electron chi connectivity index (χ0n) is 12.9. The van der Waals surface area contributed by atoms with Gasteiger partial charge in [0.1, 0.15) is 0 Å². The summed E-state index contributed by atoms with van der Waals surface area (Å²) in [6.07, 6.45) is 0.702. The largest absolute Gasteiger partial charge is 0.316 e. The van der Waals surface area contributed by atoms with Crippen LogP contribution in [0.25, 0.3) is 0 Å². The Hall–Kier alpha value is -1.51. The second kappa shape index (κ2) is 6.31. The molecule has 122 valence electrons. The van der Waals surface area contributed by atoms with Gasteiger partial charge in [-0.15, -0.1) is 0 Å². The highest BCUT2D eigenvalue weighted by atomic mass is 32.2. The normalized spacial score (nSPS) is 22.5. The summed E-state index contributed by atoms with van der Waals surface area (Å²) in [6.45, 7) is 6.82. The Balaban J connectivity index is 2.38. The molecule has 0 aliphatic carbocycles. The van der Waals surface area contributed by atoms with Crippen molar-refractivity contribution in [3.05, 3.63) is 33.4 Å². The minimum Gasteiger partial charge on any atom is -0.316 e. The molecule has 0 aromatic heterocycles. The molecule has 7 nitrogen and oxygen atoms in total. The monoisotopic (exact) mass is 327 g/mol. The Labute approximate surface area is 130 Å². The van der Waals surface area contributed by atoms with E-state index >= 15 is 0 Å². The molecule has 1 fully saturated rings. The van der Waals surface area contributed by atoms with Crippen molar-refractivity contribution in [2.24, 2.45) is 5.92 Å². The molecule has 0 bridgehead atoms. The molecule has 22 heavy (non-hydrogen) atoms. The highest BCUT2D eigenvalue weighted by molar-refractivity contribution is 7.89. The number of nitro groups is 1. The molecule has 8 heteroatoms. The van der Waals surface area contributed by atoms with Crippen LogP contribution in [0.4, 0.5) is 5.69 Å². The maximum atomic E-state index is 12.6. The Kier molecular flexibility index (Phi) is 4.84. The van der Waals surface area contributed by atoms with Crippen LogP contribution in [-0.4, -0.2) is 32.5 Å². The number of sulfonamides is 1. The summed E-state index contributed by atoms with van der Waals surface area (Å²) < 4.78 is 28.0. The highest BCUT2D eigenvalue weighted by Crippen LogP contribution is 2.26. The number of benzene rings is 1. The average molecular weight is 327 g/mol. The molecule has 1 heterocycles. The van der Waals surface area contributed by atoms with Crippen LogP contribution >= 0.6 is 0 Å². The molecular weight excluding hydrogens is 306 g/mol. The molecule has 2 unspecified atom stereocenters. The first-order chi connectivity index (χ1) is 10.2. The quantitative estimate of drug-likeness (QED) is 0.644. The van der Waals surface area contributed by atoms with E-state index in [0.717, 1.165) is 19.2 Å². The van der Waals surface area contributed by atoms with Gasteiger partial charge >= 0.3 is 0 Å². The second-order valence-electron chi connectivity index (χ2n) is 5.84. The van der Waals surface area contributed by atoms with E-state index in [1.165, 1.54) is 6.07 Å². The molecule has 0 amide bonds. The van der Waals surface area contributed by atoms with Crippen molar-refractivity contribution in [3.8, 4) is 0 Å². The van der Waals surface area contributed by atoms with Gasteiger partial charge in [0.25, 0.3) is 5.69 Å². The third-order valence-corrected chi connectivity index (χ3v) is 5.81. The van der Waals surface area contributed by atoms with Crippen molar-refractivity contribution in [1.29, 1.82) is 0 Å². The van der Waals surface area contributed by atoms with Gasteiger partial charge in [-0.3, -0.25) is 10.1 Å². The van der Waals surface area contributed by atoms with E-state index in [4.69, 9.17) is 0 Å². The van der Waals surface area contributed by atoms with Gasteiger partial charge in [-0.05, 0) is 50.4 Å². The SMILES string of the molecule is Cc1cc([N+](=O)[O-])cc(S(=O)(=O)NC2CCNCC2C)c1C. The Morgan fingerprint density at radius 2 is 2.05 bits per heavy atom. The van der Waals surface area contributed by atoms with Gasteiger partial charge < -0.3 is 5.32 Å². The zero-order chi connectivity index (χ0) is 16.5. The maximum absolute atomic E-state index is 12.6. The van der Waals surface area contributed by atoms with Crippen LogP contribution in [0.1, 0.15) is 24.5 Å². The number of piperidine rings is 1. The Morgan fingerprint density at radius 1 is 1.36 bits per heavy atom. The lowest BCUT2D eigenvalue weighted by molar-refractivity contribution is -0.385. The third-order valence-electron chi connectivity index (χ3n) is 4.20. The van der Waals surface area contributed by atoms with E-state index in [1.807, 2.05) is 6.92 Å². The van der Waals surface area contributed by atoms with Crippen molar-refractivity contribution in [2.45, 2.75) is 38.1 Å². The fourth-order valence-corrected chi connectivity index (χ4v) is 4.36. The highest BCUT2D eigenvalue weighted by Gasteiger charge is 2.29. The van der Waals surface area contributed by atoms with E-state index in [9.17, 15) is 18.5 Å². The summed E-state index contributed by atoms with van der Waals surface area (Å²) in [5.74, 6) is 0.170. The van der Waals surface area contributed by atoms with Gasteiger partial charge in [0.15, 0.2) is 0 Å². The van der Waals surface area contributed by atoms with Crippen molar-refractivity contribution in [1.82, 2.24) is 10.0 Å². The van der Waals surface area contributed by atoms with Crippen LogP contribution in [0.5, 0.6) is 0 Å². The smallest absolute Gasteiger partial charge is 0.271 e. The summed E-state index contributed by atoms with van der Waals surface area (Å²) in [4.78, 5) is 10.4. The van der Waals surface area contributed by atoms with Crippen LogP contribution in [0.2, 0.25) is 0 Å². The molecule has 2 N–H and O–H groups in total. The number of nitro benzene ring substituents is 1. The predicted molar refractivity (Wildman–Crippen MR) is 83.3 cm³/mol. The number of nitrogens with one attached hydrogen (secondary N) is 2. The molecule has 0 spiro atoms. The molecule has 1 aliphatic heterocycles. The van der Waals surface area contributed by atoms with E-state index in [1.54, 1.807) is 13.8 Å². The molecule has 2 rings (SSSR count). The lowest BCUT2D eigenvalue weighted by Crippen LogP contribution is -2.48. The summed E-state index contributed by atoms with van der Waals surface area (Å²) in [6, 6.07) is 2.36. The topological polar surface area (TPSA) is 101 Å². The van der Waals surface area contributed by atoms with Crippen molar-refractivity contribution in [3.63, 3.8) is 0 Å². The van der Waals surface area contributed by atoms with E-state index in [2.05, 4.69) is 10.0 Å². The number of rotatable bonds is 4. The Bertz CT molecular complexity index is 688. The van der Waals surface area contributed by atoms with Gasteiger partial charge in [-0.1, -0.05) is 6.92 Å². The van der Waals surface area contributed by atoms with Crippen LogP contribution in [-0.2, 0) is 10.0 Å². The summed E-state index contributed by atoms with van der Waals surface area (Å²) in [5, 5.41) is 14.2. The van der Waals surface area contributed by atoms with Gasteiger partial charge in [0, 0.05) is 18.2 Å². The summed E-state index contributed by atoms with van der Waals surface area (Å²) >= 11 is 0. The van der Waals surface area contributed by atoms with E-state index in [0.29, 0.717) is 17.5 Å². The standard InChI is InChI=1S/C14H21N3O4S/c1-9-6-12(17(18)19)7-14(11(9)3)22(20,21)16-13-4-5-15-8-10(13)2/h6-7,10,13,15-16H,4-5,8H2,1-3H3. The first-order valence-electron chi connectivity index (χ1n) is 7.21. The predicted octanol–water partition coefficient (Wildman–Crippen LogP) is 1.49. The fraction of sp³-hybridized carbons (Fsp3) is 0.571.